The minimum Gasteiger partial charge on any atom is -0.507 e. The molecule has 86 valence electrons. The normalized spacial score (nSPS) is 9.38. The summed E-state index contributed by atoms with van der Waals surface area (Å²) >= 11 is 10.5. The van der Waals surface area contributed by atoms with Gasteiger partial charge in [-0.2, -0.15) is 0 Å². The van der Waals surface area contributed by atoms with Crippen LogP contribution in [-0.4, -0.2) is 23.2 Å². The largest absolute Gasteiger partial charge is 0.507 e. The molecule has 0 aromatic heterocycles. The molecule has 1 aromatic rings. The van der Waals surface area contributed by atoms with E-state index in [1.807, 2.05) is 0 Å². The highest BCUT2D eigenvalue weighted by Crippen LogP contribution is 2.20. The molecule has 0 heterocycles. The number of carbonyl (C=O) groups is 1. The third kappa shape index (κ3) is 3.25. The molecule has 0 unspecified atom stereocenters. The van der Waals surface area contributed by atoms with Crippen LogP contribution in [0.25, 0.3) is 0 Å². The number of amides is 1. The first-order valence-electron chi connectivity index (χ1n) is 4.31. The molecule has 4 N–H and O–H groups in total. The summed E-state index contributed by atoms with van der Waals surface area (Å²) in [6.07, 6.45) is 0. The number of aromatic hydroxyl groups is 1. The number of benzene rings is 1. The number of phenols is 1. The van der Waals surface area contributed by atoms with Crippen molar-refractivity contribution in [3.05, 3.63) is 28.8 Å². The minimum absolute atomic E-state index is 0.0684. The first-order chi connectivity index (χ1) is 7.54. The van der Waals surface area contributed by atoms with Gasteiger partial charge in [0.05, 0.1) is 5.56 Å². The van der Waals surface area contributed by atoms with Crippen LogP contribution in [-0.2, 0) is 0 Å². The fourth-order valence-electron chi connectivity index (χ4n) is 0.933. The lowest BCUT2D eigenvalue weighted by atomic mass is 10.2. The molecule has 0 bridgehead atoms. The number of rotatable bonds is 1. The number of nitrogens with one attached hydrogen (secondary N) is 3. The van der Waals surface area contributed by atoms with Gasteiger partial charge in [-0.1, -0.05) is 11.6 Å². The zero-order valence-corrected chi connectivity index (χ0v) is 9.95. The lowest BCUT2D eigenvalue weighted by molar-refractivity contribution is 0.0941. The molecule has 0 saturated carbocycles. The van der Waals surface area contributed by atoms with E-state index in [9.17, 15) is 9.90 Å². The Hall–Kier alpha value is -1.53. The van der Waals surface area contributed by atoms with E-state index in [0.29, 0.717) is 5.02 Å². The number of halogens is 1. The second-order valence-electron chi connectivity index (χ2n) is 2.82. The molecule has 16 heavy (non-hydrogen) atoms. The van der Waals surface area contributed by atoms with Crippen LogP contribution in [0.1, 0.15) is 10.4 Å². The van der Waals surface area contributed by atoms with Crippen molar-refractivity contribution in [2.45, 2.75) is 0 Å². The quantitative estimate of drug-likeness (QED) is 0.443. The first-order valence-corrected chi connectivity index (χ1v) is 5.10. The highest BCUT2D eigenvalue weighted by atomic mass is 35.5. The van der Waals surface area contributed by atoms with E-state index in [4.69, 9.17) is 23.8 Å². The van der Waals surface area contributed by atoms with Gasteiger partial charge in [0.25, 0.3) is 5.91 Å². The fraction of sp³-hybridized carbons (Fsp3) is 0.111. The molecule has 1 aromatic carbocycles. The van der Waals surface area contributed by atoms with Gasteiger partial charge in [-0.25, -0.2) is 0 Å². The first kappa shape index (κ1) is 12.5. The van der Waals surface area contributed by atoms with Crippen LogP contribution in [0.5, 0.6) is 5.75 Å². The Morgan fingerprint density at radius 1 is 1.44 bits per heavy atom. The van der Waals surface area contributed by atoms with Crippen molar-refractivity contribution in [1.82, 2.24) is 16.2 Å². The summed E-state index contributed by atoms with van der Waals surface area (Å²) < 4.78 is 0. The molecule has 0 aliphatic rings. The van der Waals surface area contributed by atoms with Gasteiger partial charge in [0.2, 0.25) is 0 Å². The van der Waals surface area contributed by atoms with Crippen LogP contribution in [0.2, 0.25) is 5.02 Å². The van der Waals surface area contributed by atoms with Gasteiger partial charge in [-0.3, -0.25) is 15.6 Å². The number of hydrogen-bond acceptors (Lipinski definition) is 3. The Labute approximate surface area is 103 Å². The maximum Gasteiger partial charge on any atom is 0.273 e. The molecule has 0 aliphatic carbocycles. The lowest BCUT2D eigenvalue weighted by Gasteiger charge is -2.09. The molecule has 0 saturated heterocycles. The Kier molecular flexibility index (Phi) is 4.33. The lowest BCUT2D eigenvalue weighted by Crippen LogP contribution is -2.45. The van der Waals surface area contributed by atoms with Gasteiger partial charge in [-0.05, 0) is 30.4 Å². The van der Waals surface area contributed by atoms with Crippen LogP contribution in [0.3, 0.4) is 0 Å². The number of carbonyl (C=O) groups excluding carboxylic acids is 1. The number of thiocarbonyl (C=S) groups is 1. The van der Waals surface area contributed by atoms with Gasteiger partial charge in [0.15, 0.2) is 5.11 Å². The molecule has 1 rings (SSSR count). The van der Waals surface area contributed by atoms with Gasteiger partial charge in [-0.15, -0.1) is 0 Å². The van der Waals surface area contributed by atoms with Crippen molar-refractivity contribution in [2.24, 2.45) is 0 Å². The van der Waals surface area contributed by atoms with Crippen molar-refractivity contribution < 1.29 is 9.90 Å². The van der Waals surface area contributed by atoms with E-state index in [0.717, 1.165) is 0 Å². The summed E-state index contributed by atoms with van der Waals surface area (Å²) in [6, 6.07) is 4.18. The Morgan fingerprint density at radius 3 is 2.75 bits per heavy atom. The summed E-state index contributed by atoms with van der Waals surface area (Å²) in [4.78, 5) is 11.6. The van der Waals surface area contributed by atoms with Crippen molar-refractivity contribution in [3.63, 3.8) is 0 Å². The van der Waals surface area contributed by atoms with Crippen molar-refractivity contribution in [1.29, 1.82) is 0 Å². The molecule has 1 amide bonds. The maximum atomic E-state index is 11.6. The molecular weight excluding hydrogens is 250 g/mol. The van der Waals surface area contributed by atoms with Crippen LogP contribution < -0.4 is 16.2 Å². The van der Waals surface area contributed by atoms with Gasteiger partial charge in [0, 0.05) is 12.1 Å². The van der Waals surface area contributed by atoms with E-state index >= 15 is 0 Å². The van der Waals surface area contributed by atoms with Gasteiger partial charge >= 0.3 is 0 Å². The second-order valence-corrected chi connectivity index (χ2v) is 3.66. The van der Waals surface area contributed by atoms with Crippen molar-refractivity contribution in [3.8, 4) is 5.75 Å². The standard InChI is InChI=1S/C9H10ClN3O2S/c1-11-9(16)13-12-8(15)6-4-5(10)2-3-7(6)14/h2-4,14H,1H3,(H,12,15)(H2,11,13,16). The van der Waals surface area contributed by atoms with Crippen molar-refractivity contribution in [2.75, 3.05) is 7.05 Å². The third-order valence-corrected chi connectivity index (χ3v) is 2.26. The van der Waals surface area contributed by atoms with Crippen LogP contribution in [0.4, 0.5) is 0 Å². The van der Waals surface area contributed by atoms with E-state index in [2.05, 4.69) is 16.2 Å². The Bertz CT molecular complexity index is 425. The van der Waals surface area contributed by atoms with Crippen LogP contribution in [0, 0.1) is 0 Å². The molecule has 0 radical (unpaired) electrons. The smallest absolute Gasteiger partial charge is 0.273 e. The molecular formula is C9H10ClN3O2S. The summed E-state index contributed by atoms with van der Waals surface area (Å²) in [5.74, 6) is -0.684. The average Bonchev–Trinajstić information content (AvgIpc) is 2.28. The van der Waals surface area contributed by atoms with Crippen molar-refractivity contribution >= 4 is 34.8 Å². The molecule has 7 heteroatoms. The average molecular weight is 260 g/mol. The summed E-state index contributed by atoms with van der Waals surface area (Å²) in [6.45, 7) is 0. The molecule has 0 atom stereocenters. The third-order valence-electron chi connectivity index (χ3n) is 1.72. The molecule has 5 nitrogen and oxygen atoms in total. The zero-order chi connectivity index (χ0) is 12.1. The number of hydrogen-bond donors (Lipinski definition) is 4. The number of phenolic OH excluding ortho intramolecular Hbond substituents is 1. The van der Waals surface area contributed by atoms with E-state index in [1.54, 1.807) is 7.05 Å². The molecule has 0 fully saturated rings. The Balaban J connectivity index is 2.73. The van der Waals surface area contributed by atoms with E-state index < -0.39 is 5.91 Å². The van der Waals surface area contributed by atoms with Crippen LogP contribution >= 0.6 is 23.8 Å². The minimum atomic E-state index is -0.530. The van der Waals surface area contributed by atoms with Crippen LogP contribution in [0.15, 0.2) is 18.2 Å². The Morgan fingerprint density at radius 2 is 2.12 bits per heavy atom. The monoisotopic (exact) mass is 259 g/mol. The van der Waals surface area contributed by atoms with Gasteiger partial charge in [0.1, 0.15) is 5.75 Å². The highest BCUT2D eigenvalue weighted by molar-refractivity contribution is 7.80. The maximum absolute atomic E-state index is 11.6. The SMILES string of the molecule is CNC(=S)NNC(=O)c1cc(Cl)ccc1O. The molecule has 0 spiro atoms. The summed E-state index contributed by atoms with van der Waals surface area (Å²) in [7, 11) is 1.61. The molecule has 0 aliphatic heterocycles. The number of hydrazine groups is 1. The summed E-state index contributed by atoms with van der Waals surface area (Å²) in [5, 5.41) is 12.7. The predicted octanol–water partition coefficient (Wildman–Crippen LogP) is 0.784. The van der Waals surface area contributed by atoms with E-state index in [1.165, 1.54) is 18.2 Å². The predicted molar refractivity (Wildman–Crippen MR) is 65.4 cm³/mol. The highest BCUT2D eigenvalue weighted by Gasteiger charge is 2.11. The fourth-order valence-corrected chi connectivity index (χ4v) is 1.16. The summed E-state index contributed by atoms with van der Waals surface area (Å²) in [5.41, 5.74) is 4.82. The van der Waals surface area contributed by atoms with E-state index in [-0.39, 0.29) is 16.4 Å². The topological polar surface area (TPSA) is 73.4 Å². The van der Waals surface area contributed by atoms with Gasteiger partial charge < -0.3 is 10.4 Å². The second kappa shape index (κ2) is 5.53. The zero-order valence-electron chi connectivity index (χ0n) is 8.37.